The van der Waals surface area contributed by atoms with Gasteiger partial charge in [-0.3, -0.25) is 0 Å². The molecule has 0 unspecified atom stereocenters. The first-order chi connectivity index (χ1) is 22.6. The average molecular weight is 652 g/mol. The Bertz CT molecular complexity index is 2420. The van der Waals surface area contributed by atoms with Crippen LogP contribution in [-0.2, 0) is 32.7 Å². The van der Waals surface area contributed by atoms with Crippen LogP contribution in [0.4, 0.5) is 0 Å². The van der Waals surface area contributed by atoms with Gasteiger partial charge in [0, 0.05) is 16.8 Å². The standard InChI is InChI=1S/C47H59N2/c1-28-35-21-29(24-44(2,3)4)15-17-33(35)36(27-47(11,12)13)41-38(28)42-40-31(19-20-48(42)14)23-32(26-46(8,9)10)39-34-18-16-30(25-45(5,6)7)22-37(34)49(41)43(39)40/h15-23H,24-27H2,1-14H3/q+1. The molecule has 7 rings (SSSR count). The van der Waals surface area contributed by atoms with Crippen molar-refractivity contribution in [2.45, 2.75) is 116 Å². The lowest BCUT2D eigenvalue weighted by Crippen LogP contribution is -2.29. The number of pyridine rings is 2. The number of nitrogens with zero attached hydrogens (tertiary/aromatic N) is 2. The predicted molar refractivity (Wildman–Crippen MR) is 215 cm³/mol. The van der Waals surface area contributed by atoms with Gasteiger partial charge in [0.2, 0.25) is 5.52 Å². The highest BCUT2D eigenvalue weighted by atomic mass is 15.0. The van der Waals surface area contributed by atoms with E-state index in [1.165, 1.54) is 87.6 Å². The third kappa shape index (κ3) is 5.98. The van der Waals surface area contributed by atoms with Gasteiger partial charge >= 0.3 is 0 Å². The van der Waals surface area contributed by atoms with Gasteiger partial charge in [-0.2, -0.15) is 0 Å². The molecule has 0 saturated heterocycles. The molecule has 3 aromatic heterocycles. The molecule has 4 aromatic carbocycles. The second kappa shape index (κ2) is 10.9. The zero-order valence-electron chi connectivity index (χ0n) is 32.9. The van der Waals surface area contributed by atoms with Crippen molar-refractivity contribution in [1.82, 2.24) is 4.40 Å². The van der Waals surface area contributed by atoms with Crippen LogP contribution in [-0.4, -0.2) is 4.40 Å². The highest BCUT2D eigenvalue weighted by Crippen LogP contribution is 2.47. The summed E-state index contributed by atoms with van der Waals surface area (Å²) in [5.41, 5.74) is 13.4. The van der Waals surface area contributed by atoms with Crippen molar-refractivity contribution >= 4 is 59.8 Å². The fourth-order valence-corrected chi connectivity index (χ4v) is 8.88. The smallest absolute Gasteiger partial charge is 0.224 e. The van der Waals surface area contributed by atoms with E-state index in [4.69, 9.17) is 0 Å². The largest absolute Gasteiger partial charge is 0.307 e. The zero-order chi connectivity index (χ0) is 35.6. The van der Waals surface area contributed by atoms with Crippen LogP contribution in [0.5, 0.6) is 0 Å². The van der Waals surface area contributed by atoms with Crippen LogP contribution in [0.1, 0.15) is 111 Å². The first-order valence-electron chi connectivity index (χ1n) is 18.6. The van der Waals surface area contributed by atoms with Crippen molar-refractivity contribution in [3.63, 3.8) is 0 Å². The summed E-state index contributed by atoms with van der Waals surface area (Å²) in [5, 5.41) is 9.80. The number of aromatic nitrogens is 2. The number of fused-ring (bicyclic) bond motifs is 7. The molecular formula is C47H59N2+. The lowest BCUT2D eigenvalue weighted by atomic mass is 9.81. The number of hydrogen-bond acceptors (Lipinski definition) is 0. The molecule has 3 heterocycles. The lowest BCUT2D eigenvalue weighted by molar-refractivity contribution is -0.643. The maximum atomic E-state index is 2.74. The van der Waals surface area contributed by atoms with Crippen molar-refractivity contribution in [2.75, 3.05) is 0 Å². The normalized spacial score (nSPS) is 13.8. The monoisotopic (exact) mass is 651 g/mol. The minimum Gasteiger partial charge on any atom is -0.307 e. The number of hydrogen-bond donors (Lipinski definition) is 0. The molecule has 0 amide bonds. The fraction of sp³-hybridized carbons (Fsp3) is 0.468. The highest BCUT2D eigenvalue weighted by molar-refractivity contribution is 6.29. The SMILES string of the molecule is Cc1c2cc(CC(C)(C)C)ccc2c(CC(C)(C)C)c2c1c1c3c(cc[n+]1C)cc(CC(C)(C)C)c1c4ccc(CC(C)(C)C)cc4n2c13. The van der Waals surface area contributed by atoms with Crippen molar-refractivity contribution in [2.24, 2.45) is 28.7 Å². The number of benzene rings is 4. The summed E-state index contributed by atoms with van der Waals surface area (Å²) in [4.78, 5) is 0. The van der Waals surface area contributed by atoms with Crippen LogP contribution in [0.25, 0.3) is 59.8 Å². The highest BCUT2D eigenvalue weighted by Gasteiger charge is 2.31. The molecule has 2 nitrogen and oxygen atoms in total. The van der Waals surface area contributed by atoms with Crippen molar-refractivity contribution in [3.05, 3.63) is 82.5 Å². The Kier molecular flexibility index (Phi) is 7.54. The van der Waals surface area contributed by atoms with Gasteiger partial charge in [-0.15, -0.1) is 0 Å². The molecule has 0 bridgehead atoms. The van der Waals surface area contributed by atoms with Crippen LogP contribution in [0.15, 0.2) is 54.7 Å². The molecule has 256 valence electrons. The molecule has 0 aliphatic heterocycles. The summed E-state index contributed by atoms with van der Waals surface area (Å²) in [6, 6.07) is 19.7. The van der Waals surface area contributed by atoms with E-state index in [0.717, 1.165) is 25.7 Å². The molecule has 0 fully saturated rings. The Hall–Kier alpha value is -3.65. The van der Waals surface area contributed by atoms with Gasteiger partial charge in [0.1, 0.15) is 7.05 Å². The number of rotatable bonds is 4. The third-order valence-corrected chi connectivity index (χ3v) is 10.3. The van der Waals surface area contributed by atoms with Crippen LogP contribution in [0, 0.1) is 28.6 Å². The van der Waals surface area contributed by atoms with Crippen LogP contribution in [0.2, 0.25) is 0 Å². The van der Waals surface area contributed by atoms with Gasteiger partial charge in [0.15, 0.2) is 6.20 Å². The third-order valence-electron chi connectivity index (χ3n) is 10.3. The van der Waals surface area contributed by atoms with E-state index in [1.807, 2.05) is 0 Å². The molecule has 0 N–H and O–H groups in total. The molecule has 0 aliphatic rings. The van der Waals surface area contributed by atoms with Crippen molar-refractivity contribution in [3.8, 4) is 0 Å². The number of aryl methyl sites for hydroxylation is 2. The second-order valence-corrected chi connectivity index (χ2v) is 20.3. The van der Waals surface area contributed by atoms with E-state index >= 15 is 0 Å². The summed E-state index contributed by atoms with van der Waals surface area (Å²) in [6.07, 6.45) is 6.46. The molecule has 2 heteroatoms. The van der Waals surface area contributed by atoms with Gasteiger partial charge in [-0.25, -0.2) is 4.57 Å². The quantitative estimate of drug-likeness (QED) is 0.102. The molecule has 0 saturated carbocycles. The Morgan fingerprint density at radius 2 is 1.12 bits per heavy atom. The molecule has 0 aliphatic carbocycles. The molecule has 0 atom stereocenters. The minimum atomic E-state index is 0.113. The second-order valence-electron chi connectivity index (χ2n) is 20.3. The molecule has 7 aromatic rings. The van der Waals surface area contributed by atoms with Crippen LogP contribution < -0.4 is 4.57 Å². The topological polar surface area (TPSA) is 8.29 Å². The summed E-state index contributed by atoms with van der Waals surface area (Å²) in [7, 11) is 2.26. The van der Waals surface area contributed by atoms with E-state index in [0.29, 0.717) is 0 Å². The molecule has 0 radical (unpaired) electrons. The predicted octanol–water partition coefficient (Wildman–Crippen LogP) is 12.6. The Labute approximate surface area is 294 Å². The minimum absolute atomic E-state index is 0.113. The summed E-state index contributed by atoms with van der Waals surface area (Å²) >= 11 is 0. The van der Waals surface area contributed by atoms with Gasteiger partial charge in [-0.1, -0.05) is 113 Å². The Balaban J connectivity index is 1.80. The summed E-state index contributed by atoms with van der Waals surface area (Å²) in [6.45, 7) is 30.9. The van der Waals surface area contributed by atoms with Crippen LogP contribution in [0.3, 0.4) is 0 Å². The fourth-order valence-electron chi connectivity index (χ4n) is 8.88. The summed E-state index contributed by atoms with van der Waals surface area (Å²) in [5.74, 6) is 0. The first kappa shape index (κ1) is 33.8. The zero-order valence-corrected chi connectivity index (χ0v) is 32.9. The van der Waals surface area contributed by atoms with E-state index < -0.39 is 0 Å². The van der Waals surface area contributed by atoms with Gasteiger partial charge in [0.05, 0.1) is 27.3 Å². The van der Waals surface area contributed by atoms with E-state index in [1.54, 1.807) is 0 Å². The molecular weight excluding hydrogens is 593 g/mol. The summed E-state index contributed by atoms with van der Waals surface area (Å²) < 4.78 is 5.15. The van der Waals surface area contributed by atoms with Crippen molar-refractivity contribution < 1.29 is 4.57 Å². The van der Waals surface area contributed by atoms with Gasteiger partial charge < -0.3 is 4.40 Å². The van der Waals surface area contributed by atoms with E-state index in [2.05, 4.69) is 161 Å². The maximum absolute atomic E-state index is 2.74. The molecule has 49 heavy (non-hydrogen) atoms. The van der Waals surface area contributed by atoms with E-state index in [9.17, 15) is 0 Å². The van der Waals surface area contributed by atoms with Gasteiger partial charge in [-0.05, 0) is 110 Å². The lowest BCUT2D eigenvalue weighted by Gasteiger charge is -2.25. The first-order valence-corrected chi connectivity index (χ1v) is 18.6. The van der Waals surface area contributed by atoms with Gasteiger partial charge in [0.25, 0.3) is 0 Å². The van der Waals surface area contributed by atoms with Crippen molar-refractivity contribution in [1.29, 1.82) is 0 Å². The van der Waals surface area contributed by atoms with E-state index in [-0.39, 0.29) is 21.7 Å². The average Bonchev–Trinajstić information content (AvgIpc) is 3.27. The Morgan fingerprint density at radius 3 is 1.71 bits per heavy atom. The van der Waals surface area contributed by atoms with Crippen LogP contribution >= 0.6 is 0 Å². The maximum Gasteiger partial charge on any atom is 0.224 e. The Morgan fingerprint density at radius 1 is 0.551 bits per heavy atom. The molecule has 0 spiro atoms.